The van der Waals surface area contributed by atoms with E-state index in [-0.39, 0.29) is 37.5 Å². The fourth-order valence-electron chi connectivity index (χ4n) is 7.62. The van der Waals surface area contributed by atoms with Crippen LogP contribution in [0, 0.1) is 11.8 Å². The number of hydrogen-bond acceptors (Lipinski definition) is 9. The Kier molecular flexibility index (Phi) is 18.9. The molecule has 0 saturated heterocycles. The molecule has 1 aromatic heterocycles. The van der Waals surface area contributed by atoms with Crippen molar-refractivity contribution in [1.29, 1.82) is 0 Å². The van der Waals surface area contributed by atoms with E-state index in [0.717, 1.165) is 43.2 Å². The summed E-state index contributed by atoms with van der Waals surface area (Å²) in [7, 11) is 0. The summed E-state index contributed by atoms with van der Waals surface area (Å²) >= 11 is 0. The Labute approximate surface area is 364 Å². The molecule has 1 aliphatic rings. The first kappa shape index (κ1) is 48.9. The van der Waals surface area contributed by atoms with Gasteiger partial charge in [-0.3, -0.25) is 24.0 Å². The number of amides is 6. The number of aliphatic hydroxyl groups is 1. The second-order valence-electron chi connectivity index (χ2n) is 17.8. The molecule has 16 nitrogen and oxygen atoms in total. The quantitative estimate of drug-likeness (QED) is 0.0736. The van der Waals surface area contributed by atoms with Crippen LogP contribution >= 0.6 is 0 Å². The minimum absolute atomic E-state index is 0.00262. The van der Waals surface area contributed by atoms with Crippen LogP contribution in [0.15, 0.2) is 73.2 Å². The number of nitrogens with one attached hydrogen (secondary N) is 6. The Morgan fingerprint density at radius 2 is 1.31 bits per heavy atom. The van der Waals surface area contributed by atoms with Gasteiger partial charge in [-0.25, -0.2) is 9.78 Å². The van der Waals surface area contributed by atoms with Crippen LogP contribution in [-0.4, -0.2) is 92.6 Å². The van der Waals surface area contributed by atoms with Crippen molar-refractivity contribution < 1.29 is 38.6 Å². The van der Waals surface area contributed by atoms with E-state index < -0.39 is 84.0 Å². The lowest BCUT2D eigenvalue weighted by molar-refractivity contribution is -0.133. The zero-order chi connectivity index (χ0) is 45.2. The molecule has 1 aliphatic carbocycles. The maximum atomic E-state index is 14.3. The van der Waals surface area contributed by atoms with E-state index in [0.29, 0.717) is 12.1 Å². The van der Waals surface area contributed by atoms with Gasteiger partial charge in [0.15, 0.2) is 0 Å². The van der Waals surface area contributed by atoms with E-state index in [2.05, 4.69) is 36.6 Å². The largest absolute Gasteiger partial charge is 0.444 e. The van der Waals surface area contributed by atoms with Gasteiger partial charge in [0.05, 0.1) is 24.9 Å². The molecule has 6 amide bonds. The van der Waals surface area contributed by atoms with Gasteiger partial charge in [0.25, 0.3) is 0 Å². The predicted molar refractivity (Wildman–Crippen MR) is 234 cm³/mol. The van der Waals surface area contributed by atoms with Gasteiger partial charge in [-0.05, 0) is 56.6 Å². The summed E-state index contributed by atoms with van der Waals surface area (Å²) < 4.78 is 5.46. The Hall–Kier alpha value is -5.77. The highest BCUT2D eigenvalue weighted by molar-refractivity contribution is 5.93. The van der Waals surface area contributed by atoms with Crippen molar-refractivity contribution in [3.05, 3.63) is 90.0 Å². The van der Waals surface area contributed by atoms with E-state index in [4.69, 9.17) is 10.5 Å². The minimum atomic E-state index is -1.37. The number of rotatable bonds is 22. The van der Waals surface area contributed by atoms with Crippen LogP contribution in [0.1, 0.15) is 103 Å². The van der Waals surface area contributed by atoms with Crippen molar-refractivity contribution >= 4 is 35.6 Å². The van der Waals surface area contributed by atoms with Crippen LogP contribution in [0.3, 0.4) is 0 Å². The lowest BCUT2D eigenvalue weighted by atomic mass is 9.83. The highest BCUT2D eigenvalue weighted by Crippen LogP contribution is 2.28. The van der Waals surface area contributed by atoms with Crippen molar-refractivity contribution in [3.63, 3.8) is 0 Å². The van der Waals surface area contributed by atoms with E-state index in [1.807, 2.05) is 74.5 Å². The molecule has 0 radical (unpaired) electrons. The Balaban J connectivity index is 1.52. The molecule has 1 heterocycles. The summed E-state index contributed by atoms with van der Waals surface area (Å²) in [4.78, 5) is 88.0. The highest BCUT2D eigenvalue weighted by Gasteiger charge is 2.34. The minimum Gasteiger partial charge on any atom is -0.444 e. The fourth-order valence-corrected chi connectivity index (χ4v) is 7.62. The number of aromatic nitrogens is 2. The third kappa shape index (κ3) is 17.3. The van der Waals surface area contributed by atoms with Crippen molar-refractivity contribution in [1.82, 2.24) is 36.6 Å². The molecular weight excluding hydrogens is 793 g/mol. The predicted octanol–water partition coefficient (Wildman–Crippen LogP) is 3.52. The first-order valence-electron chi connectivity index (χ1n) is 21.7. The third-order valence-corrected chi connectivity index (χ3v) is 10.7. The number of primary amides is 1. The molecule has 1 saturated carbocycles. The SMILES string of the molecule is CC(C)C[C@H](NC(=O)C[C@H](O)[C@H](CC1CCCCC1)NC(=O)[C@H](Cc1cnc[nH]1)NC(=O)[C@H](Cc1ccccc1)NC(=O)OC(C)(C)C)C(=O)N[C@@H](Cc1ccccc1)C(N)=O. The number of imidazole rings is 1. The average molecular weight is 859 g/mol. The van der Waals surface area contributed by atoms with Crippen molar-refractivity contribution in [2.45, 2.75) is 147 Å². The van der Waals surface area contributed by atoms with Gasteiger partial charge < -0.3 is 47.1 Å². The van der Waals surface area contributed by atoms with Crippen molar-refractivity contribution in [3.8, 4) is 0 Å². The third-order valence-electron chi connectivity index (χ3n) is 10.7. The number of nitrogens with zero attached hydrogens (tertiary/aromatic N) is 1. The topological polar surface area (TPSA) is 247 Å². The smallest absolute Gasteiger partial charge is 0.408 e. The van der Waals surface area contributed by atoms with Crippen LogP contribution in [0.25, 0.3) is 0 Å². The van der Waals surface area contributed by atoms with Crippen molar-refractivity contribution in [2.24, 2.45) is 17.6 Å². The molecule has 1 fully saturated rings. The summed E-state index contributed by atoms with van der Waals surface area (Å²) in [6.07, 6.45) is 6.10. The lowest BCUT2D eigenvalue weighted by Gasteiger charge is -2.32. The second-order valence-corrected chi connectivity index (χ2v) is 17.8. The molecule has 9 N–H and O–H groups in total. The van der Waals surface area contributed by atoms with Gasteiger partial charge in [-0.2, -0.15) is 0 Å². The number of carbonyl (C=O) groups is 6. The normalized spacial score (nSPS) is 16.1. The zero-order valence-electron chi connectivity index (χ0n) is 36.7. The van der Waals surface area contributed by atoms with Crippen molar-refractivity contribution in [2.75, 3.05) is 0 Å². The summed E-state index contributed by atoms with van der Waals surface area (Å²) in [6, 6.07) is 12.9. The highest BCUT2D eigenvalue weighted by atomic mass is 16.6. The Morgan fingerprint density at radius 3 is 1.85 bits per heavy atom. The molecule has 62 heavy (non-hydrogen) atoms. The molecule has 16 heteroatoms. The van der Waals surface area contributed by atoms with E-state index >= 15 is 0 Å². The molecular formula is C46H66N8O8. The molecule has 2 aromatic carbocycles. The molecule has 4 rings (SSSR count). The van der Waals surface area contributed by atoms with Gasteiger partial charge in [0.1, 0.15) is 29.8 Å². The number of H-pyrrole nitrogens is 1. The van der Waals surface area contributed by atoms with Gasteiger partial charge >= 0.3 is 6.09 Å². The molecule has 6 atom stereocenters. The van der Waals surface area contributed by atoms with Crippen LogP contribution in [0.5, 0.6) is 0 Å². The summed E-state index contributed by atoms with van der Waals surface area (Å²) in [5.41, 5.74) is 6.94. The Morgan fingerprint density at radius 1 is 0.758 bits per heavy atom. The monoisotopic (exact) mass is 859 g/mol. The second kappa shape index (κ2) is 24.0. The van der Waals surface area contributed by atoms with Crippen LogP contribution in [0.4, 0.5) is 4.79 Å². The summed E-state index contributed by atoms with van der Waals surface area (Å²) in [6.45, 7) is 8.91. The lowest BCUT2D eigenvalue weighted by Crippen LogP contribution is -2.58. The number of hydrogen-bond donors (Lipinski definition) is 8. The van der Waals surface area contributed by atoms with Gasteiger partial charge in [0.2, 0.25) is 29.5 Å². The molecule has 338 valence electrons. The number of carbonyl (C=O) groups excluding carboxylic acids is 6. The molecule has 0 bridgehead atoms. The van der Waals surface area contributed by atoms with Crippen LogP contribution in [-0.2, 0) is 48.0 Å². The maximum Gasteiger partial charge on any atom is 0.408 e. The number of alkyl carbamates (subject to hydrolysis) is 1. The Bertz CT molecular complexity index is 1880. The number of ether oxygens (including phenoxy) is 1. The van der Waals surface area contributed by atoms with Gasteiger partial charge in [-0.1, -0.05) is 107 Å². The van der Waals surface area contributed by atoms with E-state index in [1.165, 1.54) is 12.5 Å². The van der Waals surface area contributed by atoms with E-state index in [9.17, 15) is 33.9 Å². The van der Waals surface area contributed by atoms with Gasteiger partial charge in [-0.15, -0.1) is 0 Å². The summed E-state index contributed by atoms with van der Waals surface area (Å²) in [5.74, 6) is -3.05. The maximum absolute atomic E-state index is 14.3. The molecule has 0 unspecified atom stereocenters. The van der Waals surface area contributed by atoms with Gasteiger partial charge in [0, 0.05) is 31.2 Å². The number of nitrogens with two attached hydrogens (primary N) is 1. The number of benzene rings is 2. The average Bonchev–Trinajstić information content (AvgIpc) is 3.73. The van der Waals surface area contributed by atoms with Crippen LogP contribution in [0.2, 0.25) is 0 Å². The molecule has 0 spiro atoms. The standard InChI is InChI=1S/C46H66N8O8/c1-29(2)21-36(42(58)52-35(41(47)57)23-31-17-11-7-12-18-31)50-40(56)26-39(55)34(22-30-15-9-6-10-16-30)51-44(60)38(25-33-27-48-28-49-33)53-43(59)37(24-32-19-13-8-14-20-32)54-45(61)62-46(3,4)5/h7-8,11-14,17-20,27-30,34-39,55H,6,9-10,15-16,21-26H2,1-5H3,(H2,47,57)(H,48,49)(H,50,56)(H,51,60)(H,52,58)(H,53,59)(H,54,61)/t34-,35-,36-,37-,38-,39-/m0/s1. The first-order chi connectivity index (χ1) is 29.4. The van der Waals surface area contributed by atoms with E-state index in [1.54, 1.807) is 20.8 Å². The molecule has 3 aromatic rings. The molecule has 0 aliphatic heterocycles. The zero-order valence-corrected chi connectivity index (χ0v) is 36.7. The van der Waals surface area contributed by atoms with Crippen LogP contribution < -0.4 is 32.3 Å². The first-order valence-corrected chi connectivity index (χ1v) is 21.7. The number of aromatic amines is 1. The summed E-state index contributed by atoms with van der Waals surface area (Å²) in [5, 5.41) is 25.6. The fraction of sp³-hybridized carbons (Fsp3) is 0.543. The number of aliphatic hydroxyl groups excluding tert-OH is 1.